The van der Waals surface area contributed by atoms with Crippen LogP contribution in [0, 0.1) is 5.82 Å². The van der Waals surface area contributed by atoms with Crippen molar-refractivity contribution in [3.05, 3.63) is 35.6 Å². The Morgan fingerprint density at radius 2 is 2.11 bits per heavy atom. The fraction of sp³-hybridized carbons (Fsp3) is 0.538. The van der Waals surface area contributed by atoms with Crippen molar-refractivity contribution in [2.45, 2.75) is 32.3 Å². The number of benzene rings is 1. The van der Waals surface area contributed by atoms with Crippen LogP contribution in [0.4, 0.5) is 4.39 Å². The minimum Gasteiger partial charge on any atom is -0.393 e. The maximum Gasteiger partial charge on any atom is 0.150 e. The first kappa shape index (κ1) is 15.1. The molecule has 0 aliphatic heterocycles. The Balaban J connectivity index is 2.36. The second-order valence-electron chi connectivity index (χ2n) is 4.37. The van der Waals surface area contributed by atoms with Crippen molar-refractivity contribution < 1.29 is 17.9 Å². The first-order valence-corrected chi connectivity index (χ1v) is 7.88. The molecule has 1 unspecified atom stereocenters. The number of hydrogen-bond acceptors (Lipinski definition) is 3. The summed E-state index contributed by atoms with van der Waals surface area (Å²) in [5.41, 5.74) is 0.723. The van der Waals surface area contributed by atoms with Crippen LogP contribution in [0.15, 0.2) is 24.3 Å². The molecule has 5 heteroatoms. The lowest BCUT2D eigenvalue weighted by molar-refractivity contribution is 0.164. The van der Waals surface area contributed by atoms with Crippen LogP contribution in [-0.4, -0.2) is 31.1 Å². The fourth-order valence-corrected chi connectivity index (χ4v) is 2.62. The molecule has 3 nitrogen and oxygen atoms in total. The lowest BCUT2D eigenvalue weighted by Gasteiger charge is -2.10. The summed E-state index contributed by atoms with van der Waals surface area (Å²) >= 11 is 0. The smallest absolute Gasteiger partial charge is 0.150 e. The summed E-state index contributed by atoms with van der Waals surface area (Å²) in [4.78, 5) is 0. The standard InChI is InChI=1S/C13H19FO3S/c1-2-18(16,17)8-4-7-13(15)10-11-5-3-6-12(14)9-11/h3,5-6,9,13,15H,2,4,7-8,10H2,1H3. The van der Waals surface area contributed by atoms with Crippen LogP contribution in [0.25, 0.3) is 0 Å². The van der Waals surface area contributed by atoms with E-state index in [1.54, 1.807) is 19.1 Å². The van der Waals surface area contributed by atoms with Crippen LogP contribution in [0.5, 0.6) is 0 Å². The monoisotopic (exact) mass is 274 g/mol. The third kappa shape index (κ3) is 5.60. The number of rotatable bonds is 7. The largest absolute Gasteiger partial charge is 0.393 e. The summed E-state index contributed by atoms with van der Waals surface area (Å²) in [5, 5.41) is 9.75. The van der Waals surface area contributed by atoms with Gasteiger partial charge in [-0.15, -0.1) is 0 Å². The van der Waals surface area contributed by atoms with Crippen molar-refractivity contribution in [1.82, 2.24) is 0 Å². The third-order valence-corrected chi connectivity index (χ3v) is 4.58. The number of aliphatic hydroxyl groups excluding tert-OH is 1. The van der Waals surface area contributed by atoms with Gasteiger partial charge in [0.25, 0.3) is 0 Å². The predicted octanol–water partition coefficient (Wildman–Crippen LogP) is 1.94. The number of hydrogen-bond donors (Lipinski definition) is 1. The van der Waals surface area contributed by atoms with Crippen LogP contribution in [0.2, 0.25) is 0 Å². The van der Waals surface area contributed by atoms with Crippen molar-refractivity contribution in [3.63, 3.8) is 0 Å². The quantitative estimate of drug-likeness (QED) is 0.826. The first-order valence-electron chi connectivity index (χ1n) is 6.06. The van der Waals surface area contributed by atoms with Crippen molar-refractivity contribution >= 4 is 9.84 Å². The van der Waals surface area contributed by atoms with Gasteiger partial charge in [0, 0.05) is 5.75 Å². The second-order valence-corrected chi connectivity index (χ2v) is 6.84. The molecule has 102 valence electrons. The number of sulfone groups is 1. The molecule has 0 aromatic heterocycles. The Kier molecular flexibility index (Phi) is 5.75. The first-order chi connectivity index (χ1) is 8.43. The van der Waals surface area contributed by atoms with E-state index >= 15 is 0 Å². The van der Waals surface area contributed by atoms with Gasteiger partial charge in [0.2, 0.25) is 0 Å². The van der Waals surface area contributed by atoms with Crippen molar-refractivity contribution in [2.24, 2.45) is 0 Å². The molecule has 1 rings (SSSR count). The number of aliphatic hydroxyl groups is 1. The Hall–Kier alpha value is -0.940. The average Bonchev–Trinajstić information content (AvgIpc) is 2.28. The van der Waals surface area contributed by atoms with Crippen molar-refractivity contribution in [1.29, 1.82) is 0 Å². The average molecular weight is 274 g/mol. The maximum absolute atomic E-state index is 12.9. The molecule has 0 aliphatic carbocycles. The van der Waals surface area contributed by atoms with E-state index in [0.29, 0.717) is 19.3 Å². The Morgan fingerprint density at radius 3 is 2.72 bits per heavy atom. The molecular formula is C13H19FO3S. The molecule has 0 bridgehead atoms. The maximum atomic E-state index is 12.9. The normalized spacial score (nSPS) is 13.5. The van der Waals surface area contributed by atoms with E-state index in [1.165, 1.54) is 12.1 Å². The summed E-state index contributed by atoms with van der Waals surface area (Å²) in [6.07, 6.45) is 0.575. The minimum absolute atomic E-state index is 0.101. The van der Waals surface area contributed by atoms with Gasteiger partial charge < -0.3 is 5.11 Å². The van der Waals surface area contributed by atoms with Gasteiger partial charge in [0.15, 0.2) is 0 Å². The van der Waals surface area contributed by atoms with E-state index in [9.17, 15) is 17.9 Å². The predicted molar refractivity (Wildman–Crippen MR) is 69.7 cm³/mol. The third-order valence-electron chi connectivity index (χ3n) is 2.79. The van der Waals surface area contributed by atoms with E-state index in [4.69, 9.17) is 0 Å². The number of halogens is 1. The van der Waals surface area contributed by atoms with E-state index in [-0.39, 0.29) is 17.3 Å². The van der Waals surface area contributed by atoms with Crippen LogP contribution < -0.4 is 0 Å². The summed E-state index contributed by atoms with van der Waals surface area (Å²) in [7, 11) is -2.97. The zero-order valence-electron chi connectivity index (χ0n) is 10.5. The Labute approximate surface area is 108 Å². The molecule has 0 spiro atoms. The molecule has 1 aromatic rings. The Morgan fingerprint density at radius 1 is 1.39 bits per heavy atom. The van der Waals surface area contributed by atoms with Gasteiger partial charge in [-0.05, 0) is 37.0 Å². The molecule has 0 radical (unpaired) electrons. The van der Waals surface area contributed by atoms with Gasteiger partial charge in [-0.1, -0.05) is 19.1 Å². The van der Waals surface area contributed by atoms with Gasteiger partial charge in [0.1, 0.15) is 15.7 Å². The molecule has 1 atom stereocenters. The highest BCUT2D eigenvalue weighted by molar-refractivity contribution is 7.91. The highest BCUT2D eigenvalue weighted by Gasteiger charge is 2.10. The van der Waals surface area contributed by atoms with Crippen molar-refractivity contribution in [3.8, 4) is 0 Å². The summed E-state index contributed by atoms with van der Waals surface area (Å²) in [6, 6.07) is 6.07. The highest BCUT2D eigenvalue weighted by atomic mass is 32.2. The molecule has 0 saturated carbocycles. The highest BCUT2D eigenvalue weighted by Crippen LogP contribution is 2.10. The lowest BCUT2D eigenvalue weighted by Crippen LogP contribution is -2.14. The second kappa shape index (κ2) is 6.85. The van der Waals surface area contributed by atoms with Crippen LogP contribution >= 0.6 is 0 Å². The minimum atomic E-state index is -2.97. The summed E-state index contributed by atoms with van der Waals surface area (Å²) < 4.78 is 35.4. The molecule has 0 fully saturated rings. The van der Waals surface area contributed by atoms with Crippen molar-refractivity contribution in [2.75, 3.05) is 11.5 Å². The van der Waals surface area contributed by atoms with Gasteiger partial charge >= 0.3 is 0 Å². The molecule has 0 saturated heterocycles. The summed E-state index contributed by atoms with van der Waals surface area (Å²) in [6.45, 7) is 1.61. The zero-order valence-corrected chi connectivity index (χ0v) is 11.3. The van der Waals surface area contributed by atoms with Gasteiger partial charge in [-0.3, -0.25) is 0 Å². The van der Waals surface area contributed by atoms with Gasteiger partial charge in [0.05, 0.1) is 11.9 Å². The molecule has 1 N–H and O–H groups in total. The topological polar surface area (TPSA) is 54.4 Å². The van der Waals surface area contributed by atoms with E-state index in [2.05, 4.69) is 0 Å². The fourth-order valence-electron chi connectivity index (χ4n) is 1.72. The summed E-state index contributed by atoms with van der Waals surface area (Å²) in [5.74, 6) is -0.0928. The SMILES string of the molecule is CCS(=O)(=O)CCCC(O)Cc1cccc(F)c1. The molecule has 0 aliphatic rings. The lowest BCUT2D eigenvalue weighted by atomic mass is 10.0. The molecule has 1 aromatic carbocycles. The van der Waals surface area contributed by atoms with Crippen LogP contribution in [0.1, 0.15) is 25.3 Å². The molecular weight excluding hydrogens is 255 g/mol. The van der Waals surface area contributed by atoms with Crippen LogP contribution in [0.3, 0.4) is 0 Å². The van der Waals surface area contributed by atoms with Crippen LogP contribution in [-0.2, 0) is 16.3 Å². The van der Waals surface area contributed by atoms with E-state index < -0.39 is 15.9 Å². The van der Waals surface area contributed by atoms with E-state index in [0.717, 1.165) is 5.56 Å². The molecule has 18 heavy (non-hydrogen) atoms. The molecule has 0 amide bonds. The van der Waals surface area contributed by atoms with Gasteiger partial charge in [-0.2, -0.15) is 0 Å². The molecule has 0 heterocycles. The van der Waals surface area contributed by atoms with Gasteiger partial charge in [-0.25, -0.2) is 12.8 Å². The Bertz CT molecular complexity index is 471. The zero-order chi connectivity index (χ0) is 13.6. The van der Waals surface area contributed by atoms with E-state index in [1.807, 2.05) is 0 Å².